The quantitative estimate of drug-likeness (QED) is 0.271. The summed E-state index contributed by atoms with van der Waals surface area (Å²) < 4.78 is 0. The molecular formula is C32H52O4. The van der Waals surface area contributed by atoms with Gasteiger partial charge in [0.05, 0.1) is 6.42 Å². The summed E-state index contributed by atoms with van der Waals surface area (Å²) in [6.07, 6.45) is 9.39. The molecule has 0 saturated heterocycles. The molecule has 0 N–H and O–H groups in total. The van der Waals surface area contributed by atoms with Gasteiger partial charge in [0, 0.05) is 24.3 Å². The Kier molecular flexibility index (Phi) is 18.0. The molecule has 2 rings (SSSR count). The van der Waals surface area contributed by atoms with Gasteiger partial charge >= 0.3 is 0 Å². The number of fused-ring (bicyclic) bond motifs is 1. The van der Waals surface area contributed by atoms with E-state index in [4.69, 9.17) is 0 Å². The van der Waals surface area contributed by atoms with Crippen LogP contribution in [0.4, 0.5) is 0 Å². The van der Waals surface area contributed by atoms with Crippen LogP contribution in [0.1, 0.15) is 134 Å². The van der Waals surface area contributed by atoms with Crippen molar-refractivity contribution in [1.29, 1.82) is 0 Å². The Bertz CT molecular complexity index is 823. The lowest BCUT2D eigenvalue weighted by Crippen LogP contribution is -2.29. The van der Waals surface area contributed by atoms with Crippen LogP contribution >= 0.6 is 0 Å². The number of carbonyl (C=O) groups is 4. The van der Waals surface area contributed by atoms with E-state index in [2.05, 4.69) is 33.8 Å². The van der Waals surface area contributed by atoms with Crippen LogP contribution in [-0.4, -0.2) is 23.1 Å². The summed E-state index contributed by atoms with van der Waals surface area (Å²) in [6.45, 7) is 15.6. The average Bonchev–Trinajstić information content (AvgIpc) is 2.78. The van der Waals surface area contributed by atoms with E-state index in [1.54, 1.807) is 6.92 Å². The van der Waals surface area contributed by atoms with Gasteiger partial charge in [-0.2, -0.15) is 0 Å². The van der Waals surface area contributed by atoms with Gasteiger partial charge in [-0.25, -0.2) is 0 Å². The molecule has 0 heterocycles. The standard InChI is InChI=1S/C23H32O3.C6H12O.C3H8/c1-5-8-18(20(6-2)21(25)11-16(4)24)12-17-13-19-10-7-9-15(3)23(19)22(26)14-17;1-3-4-5-6(2)7;1-3-2/h7,9-10,17-18,20H,5-6,8,11-14H2,1-4H3;3-5H2,1-2H3;3H2,1-2H3. The predicted molar refractivity (Wildman–Crippen MR) is 151 cm³/mol. The Hall–Kier alpha value is -2.10. The summed E-state index contributed by atoms with van der Waals surface area (Å²) in [5.74, 6) is 1.08. The maximum Gasteiger partial charge on any atom is 0.163 e. The van der Waals surface area contributed by atoms with Crippen molar-refractivity contribution in [1.82, 2.24) is 0 Å². The second-order valence-corrected chi connectivity index (χ2v) is 10.5. The van der Waals surface area contributed by atoms with E-state index in [1.165, 1.54) is 13.3 Å². The second-order valence-electron chi connectivity index (χ2n) is 10.5. The zero-order valence-corrected chi connectivity index (χ0v) is 24.4. The molecule has 204 valence electrons. The highest BCUT2D eigenvalue weighted by Crippen LogP contribution is 2.36. The van der Waals surface area contributed by atoms with Crippen LogP contribution in [0.3, 0.4) is 0 Å². The third-order valence-electron chi connectivity index (χ3n) is 6.64. The van der Waals surface area contributed by atoms with Crippen LogP contribution in [0.25, 0.3) is 0 Å². The van der Waals surface area contributed by atoms with E-state index >= 15 is 0 Å². The number of Topliss-reactive ketones (excluding diaryl/α,β-unsaturated/α-hetero) is 4. The van der Waals surface area contributed by atoms with Crippen LogP contribution in [-0.2, 0) is 20.8 Å². The minimum atomic E-state index is -0.0622. The first-order valence-electron chi connectivity index (χ1n) is 14.2. The van der Waals surface area contributed by atoms with Crippen molar-refractivity contribution in [3.8, 4) is 0 Å². The SMILES string of the molecule is CCC.CCCC(CC1CC(=O)c2c(C)cccc2C1)C(CC)C(=O)CC(C)=O.CCCCC(C)=O. The van der Waals surface area contributed by atoms with Gasteiger partial charge in [-0.1, -0.05) is 78.5 Å². The fourth-order valence-electron chi connectivity index (χ4n) is 5.12. The molecule has 4 heteroatoms. The van der Waals surface area contributed by atoms with Crippen molar-refractivity contribution in [2.75, 3.05) is 0 Å². The fourth-order valence-corrected chi connectivity index (χ4v) is 5.12. The molecule has 1 aliphatic rings. The zero-order chi connectivity index (χ0) is 27.7. The summed E-state index contributed by atoms with van der Waals surface area (Å²) in [6, 6.07) is 6.10. The van der Waals surface area contributed by atoms with Crippen molar-refractivity contribution >= 4 is 23.1 Å². The Balaban J connectivity index is 0.00000104. The molecule has 0 aromatic heterocycles. The summed E-state index contributed by atoms with van der Waals surface area (Å²) >= 11 is 0. The number of hydrogen-bond donors (Lipinski definition) is 0. The summed E-state index contributed by atoms with van der Waals surface area (Å²) in [4.78, 5) is 46.8. The molecule has 36 heavy (non-hydrogen) atoms. The van der Waals surface area contributed by atoms with E-state index in [1.807, 2.05) is 26.0 Å². The van der Waals surface area contributed by atoms with Gasteiger partial charge in [-0.05, 0) is 69.4 Å². The number of ketones is 4. The first kappa shape index (κ1) is 33.9. The Labute approximate surface area is 221 Å². The fraction of sp³-hybridized carbons (Fsp3) is 0.688. The maximum absolute atomic E-state index is 12.7. The minimum Gasteiger partial charge on any atom is -0.300 e. The first-order chi connectivity index (χ1) is 17.1. The van der Waals surface area contributed by atoms with E-state index in [0.29, 0.717) is 18.1 Å². The van der Waals surface area contributed by atoms with Crippen molar-refractivity contribution in [2.45, 2.75) is 126 Å². The number of unbranched alkanes of at least 4 members (excludes halogenated alkanes) is 1. The van der Waals surface area contributed by atoms with E-state index in [-0.39, 0.29) is 35.6 Å². The van der Waals surface area contributed by atoms with Gasteiger partial charge in [-0.15, -0.1) is 0 Å². The smallest absolute Gasteiger partial charge is 0.163 e. The van der Waals surface area contributed by atoms with E-state index in [9.17, 15) is 19.2 Å². The van der Waals surface area contributed by atoms with Crippen molar-refractivity contribution in [2.24, 2.45) is 17.8 Å². The number of carbonyl (C=O) groups excluding carboxylic acids is 4. The van der Waals surface area contributed by atoms with Gasteiger partial charge in [0.25, 0.3) is 0 Å². The highest BCUT2D eigenvalue weighted by atomic mass is 16.1. The number of rotatable bonds is 12. The highest BCUT2D eigenvalue weighted by molar-refractivity contribution is 6.00. The van der Waals surface area contributed by atoms with Crippen molar-refractivity contribution < 1.29 is 19.2 Å². The number of benzene rings is 1. The molecule has 0 amide bonds. The topological polar surface area (TPSA) is 68.3 Å². The van der Waals surface area contributed by atoms with Crippen LogP contribution in [0.5, 0.6) is 0 Å². The lowest BCUT2D eigenvalue weighted by Gasteiger charge is -2.31. The third-order valence-corrected chi connectivity index (χ3v) is 6.64. The van der Waals surface area contributed by atoms with Gasteiger partial charge < -0.3 is 4.79 Å². The molecule has 3 unspecified atom stereocenters. The molecule has 0 saturated carbocycles. The van der Waals surface area contributed by atoms with Crippen molar-refractivity contribution in [3.63, 3.8) is 0 Å². The van der Waals surface area contributed by atoms with Gasteiger partial charge in [0.15, 0.2) is 5.78 Å². The lowest BCUT2D eigenvalue weighted by atomic mass is 9.72. The number of aryl methyl sites for hydroxylation is 1. The van der Waals surface area contributed by atoms with Crippen LogP contribution in [0.15, 0.2) is 18.2 Å². The zero-order valence-electron chi connectivity index (χ0n) is 24.4. The first-order valence-corrected chi connectivity index (χ1v) is 14.2. The third kappa shape index (κ3) is 12.7. The Morgan fingerprint density at radius 3 is 2.06 bits per heavy atom. The molecular weight excluding hydrogens is 448 g/mol. The molecule has 0 spiro atoms. The molecule has 1 aromatic rings. The lowest BCUT2D eigenvalue weighted by molar-refractivity contribution is -0.130. The normalized spacial score (nSPS) is 15.9. The van der Waals surface area contributed by atoms with Crippen LogP contribution in [0, 0.1) is 24.7 Å². The Morgan fingerprint density at radius 1 is 0.944 bits per heavy atom. The Morgan fingerprint density at radius 2 is 1.58 bits per heavy atom. The molecule has 3 atom stereocenters. The molecule has 0 radical (unpaired) electrons. The maximum atomic E-state index is 12.7. The minimum absolute atomic E-state index is 0.0460. The largest absolute Gasteiger partial charge is 0.300 e. The molecule has 1 aromatic carbocycles. The molecule has 4 nitrogen and oxygen atoms in total. The molecule has 0 fully saturated rings. The van der Waals surface area contributed by atoms with Gasteiger partial charge in [0.2, 0.25) is 0 Å². The monoisotopic (exact) mass is 500 g/mol. The van der Waals surface area contributed by atoms with Crippen molar-refractivity contribution in [3.05, 3.63) is 34.9 Å². The second kappa shape index (κ2) is 19.1. The van der Waals surface area contributed by atoms with E-state index in [0.717, 1.165) is 68.1 Å². The average molecular weight is 501 g/mol. The van der Waals surface area contributed by atoms with Crippen LogP contribution in [0.2, 0.25) is 0 Å². The predicted octanol–water partition coefficient (Wildman–Crippen LogP) is 8.30. The summed E-state index contributed by atoms with van der Waals surface area (Å²) in [5, 5.41) is 0. The number of hydrogen-bond acceptors (Lipinski definition) is 4. The van der Waals surface area contributed by atoms with E-state index < -0.39 is 0 Å². The molecule has 0 aliphatic heterocycles. The molecule has 1 aliphatic carbocycles. The highest BCUT2D eigenvalue weighted by Gasteiger charge is 2.32. The summed E-state index contributed by atoms with van der Waals surface area (Å²) in [5.41, 5.74) is 3.14. The molecule has 0 bridgehead atoms. The van der Waals surface area contributed by atoms with Gasteiger partial charge in [0.1, 0.15) is 17.3 Å². The summed E-state index contributed by atoms with van der Waals surface area (Å²) in [7, 11) is 0. The van der Waals surface area contributed by atoms with Crippen LogP contribution < -0.4 is 0 Å². The van der Waals surface area contributed by atoms with Gasteiger partial charge in [-0.3, -0.25) is 14.4 Å².